The maximum atomic E-state index is 11.7. The molecule has 1 rings (SSSR count). The fourth-order valence-electron chi connectivity index (χ4n) is 1.26. The molecule has 0 saturated heterocycles. The molecule has 1 N–H and O–H groups in total. The van der Waals surface area contributed by atoms with Crippen LogP contribution in [0.15, 0.2) is 18.2 Å². The van der Waals surface area contributed by atoms with Gasteiger partial charge >= 0.3 is 5.97 Å². The maximum absolute atomic E-state index is 11.7. The number of aromatic carboxylic acids is 1. The van der Waals surface area contributed by atoms with E-state index in [1.165, 1.54) is 18.2 Å². The Morgan fingerprint density at radius 3 is 2.47 bits per heavy atom. The van der Waals surface area contributed by atoms with Crippen molar-refractivity contribution in [1.29, 1.82) is 0 Å². The molecule has 6 heteroatoms. The molecule has 0 aliphatic carbocycles. The summed E-state index contributed by atoms with van der Waals surface area (Å²) in [5.41, 5.74) is 0.192. The largest absolute Gasteiger partial charge is 0.478 e. The first-order chi connectivity index (χ1) is 7.74. The van der Waals surface area contributed by atoms with Gasteiger partial charge in [0.1, 0.15) is 0 Å². The standard InChI is InChI=1S/C11H13ClO4S/c1-7(2)17(15,16)6-8-3-4-9(12)5-10(8)11(13)14/h3-5,7H,6H2,1-2H3,(H,13,14). The van der Waals surface area contributed by atoms with Crippen LogP contribution in [0.2, 0.25) is 5.02 Å². The van der Waals surface area contributed by atoms with Crippen LogP contribution in [0, 0.1) is 0 Å². The molecule has 0 bridgehead atoms. The van der Waals surface area contributed by atoms with E-state index in [4.69, 9.17) is 16.7 Å². The van der Waals surface area contributed by atoms with Crippen molar-refractivity contribution in [2.75, 3.05) is 0 Å². The SMILES string of the molecule is CC(C)S(=O)(=O)Cc1ccc(Cl)cc1C(=O)O. The van der Waals surface area contributed by atoms with Crippen LogP contribution in [0.25, 0.3) is 0 Å². The van der Waals surface area contributed by atoms with E-state index in [-0.39, 0.29) is 21.9 Å². The number of hydrogen-bond acceptors (Lipinski definition) is 3. The normalized spacial score (nSPS) is 11.8. The van der Waals surface area contributed by atoms with Gasteiger partial charge in [0.15, 0.2) is 9.84 Å². The number of carboxylic acid groups (broad SMARTS) is 1. The topological polar surface area (TPSA) is 71.4 Å². The summed E-state index contributed by atoms with van der Waals surface area (Å²) in [6, 6.07) is 4.18. The highest BCUT2D eigenvalue weighted by Gasteiger charge is 2.20. The monoisotopic (exact) mass is 276 g/mol. The zero-order chi connectivity index (χ0) is 13.2. The molecule has 0 aliphatic heterocycles. The van der Waals surface area contributed by atoms with E-state index in [0.29, 0.717) is 0 Å². The molecule has 0 unspecified atom stereocenters. The molecular weight excluding hydrogens is 264 g/mol. The van der Waals surface area contributed by atoms with Gasteiger partial charge < -0.3 is 5.11 Å². The smallest absolute Gasteiger partial charge is 0.336 e. The van der Waals surface area contributed by atoms with Crippen LogP contribution in [-0.2, 0) is 15.6 Å². The van der Waals surface area contributed by atoms with Crippen LogP contribution < -0.4 is 0 Å². The van der Waals surface area contributed by atoms with Crippen LogP contribution in [0.5, 0.6) is 0 Å². The van der Waals surface area contributed by atoms with E-state index in [1.54, 1.807) is 13.8 Å². The lowest BCUT2D eigenvalue weighted by Gasteiger charge is -2.10. The van der Waals surface area contributed by atoms with Crippen molar-refractivity contribution in [2.24, 2.45) is 0 Å². The summed E-state index contributed by atoms with van der Waals surface area (Å²) in [4.78, 5) is 11.0. The predicted octanol–water partition coefficient (Wildman–Crippen LogP) is 2.36. The minimum absolute atomic E-state index is 0.0678. The Balaban J connectivity index is 3.20. The Morgan fingerprint density at radius 2 is 2.00 bits per heavy atom. The first-order valence-corrected chi connectivity index (χ1v) is 7.06. The lowest BCUT2D eigenvalue weighted by atomic mass is 10.1. The second-order valence-electron chi connectivity index (χ2n) is 3.96. The lowest BCUT2D eigenvalue weighted by molar-refractivity contribution is 0.0696. The van der Waals surface area contributed by atoms with E-state index >= 15 is 0 Å². The number of carboxylic acids is 1. The summed E-state index contributed by atoms with van der Waals surface area (Å²) in [7, 11) is -3.33. The highest BCUT2D eigenvalue weighted by atomic mass is 35.5. The third-order valence-corrected chi connectivity index (χ3v) is 4.76. The minimum atomic E-state index is -3.33. The fraction of sp³-hybridized carbons (Fsp3) is 0.364. The van der Waals surface area contributed by atoms with Gasteiger partial charge in [-0.2, -0.15) is 0 Å². The zero-order valence-electron chi connectivity index (χ0n) is 9.47. The molecule has 94 valence electrons. The van der Waals surface area contributed by atoms with Gasteiger partial charge in [-0.05, 0) is 31.5 Å². The highest BCUT2D eigenvalue weighted by molar-refractivity contribution is 7.91. The number of carbonyl (C=O) groups is 1. The lowest BCUT2D eigenvalue weighted by Crippen LogP contribution is -2.17. The van der Waals surface area contributed by atoms with Gasteiger partial charge in [-0.15, -0.1) is 0 Å². The van der Waals surface area contributed by atoms with Crippen molar-refractivity contribution < 1.29 is 18.3 Å². The second kappa shape index (κ2) is 5.06. The van der Waals surface area contributed by atoms with Gasteiger partial charge in [-0.3, -0.25) is 0 Å². The summed E-state index contributed by atoms with van der Waals surface area (Å²) in [6.07, 6.45) is 0. The van der Waals surface area contributed by atoms with Crippen LogP contribution in [0.3, 0.4) is 0 Å². The minimum Gasteiger partial charge on any atom is -0.478 e. The second-order valence-corrected chi connectivity index (χ2v) is 6.96. The highest BCUT2D eigenvalue weighted by Crippen LogP contribution is 2.20. The van der Waals surface area contributed by atoms with Crippen molar-refractivity contribution in [2.45, 2.75) is 24.9 Å². The Kier molecular flexibility index (Phi) is 4.16. The molecule has 0 fully saturated rings. The Bertz CT molecular complexity index is 534. The molecule has 4 nitrogen and oxygen atoms in total. The molecule has 0 radical (unpaired) electrons. The first kappa shape index (κ1) is 14.0. The van der Waals surface area contributed by atoms with Crippen LogP contribution >= 0.6 is 11.6 Å². The van der Waals surface area contributed by atoms with E-state index in [2.05, 4.69) is 0 Å². The average molecular weight is 277 g/mol. The summed E-state index contributed by atoms with van der Waals surface area (Å²) in [6.45, 7) is 3.12. The van der Waals surface area contributed by atoms with E-state index in [9.17, 15) is 13.2 Å². The maximum Gasteiger partial charge on any atom is 0.336 e. The van der Waals surface area contributed by atoms with Gasteiger partial charge in [-0.25, -0.2) is 13.2 Å². The van der Waals surface area contributed by atoms with Crippen LogP contribution in [0.1, 0.15) is 29.8 Å². The molecule has 0 saturated carbocycles. The molecule has 0 aliphatic rings. The molecular formula is C11H13ClO4S. The van der Waals surface area contributed by atoms with E-state index in [0.717, 1.165) is 0 Å². The molecule has 0 heterocycles. The number of halogens is 1. The summed E-state index contributed by atoms with van der Waals surface area (Å²) >= 11 is 5.68. The predicted molar refractivity (Wildman–Crippen MR) is 66.2 cm³/mol. The Morgan fingerprint density at radius 1 is 1.41 bits per heavy atom. The Hall–Kier alpha value is -1.07. The molecule has 17 heavy (non-hydrogen) atoms. The summed E-state index contributed by atoms with van der Waals surface area (Å²) < 4.78 is 23.5. The zero-order valence-corrected chi connectivity index (χ0v) is 11.0. The first-order valence-electron chi connectivity index (χ1n) is 4.97. The number of rotatable bonds is 4. The van der Waals surface area contributed by atoms with Crippen molar-refractivity contribution in [1.82, 2.24) is 0 Å². The van der Waals surface area contributed by atoms with Gasteiger partial charge in [0, 0.05) is 5.02 Å². The molecule has 0 spiro atoms. The third-order valence-electron chi connectivity index (χ3n) is 2.38. The summed E-state index contributed by atoms with van der Waals surface area (Å²) in [5, 5.41) is 8.70. The number of hydrogen-bond donors (Lipinski definition) is 1. The molecule has 1 aromatic rings. The molecule has 0 atom stereocenters. The summed E-state index contributed by atoms with van der Waals surface area (Å²) in [5.74, 6) is -1.47. The molecule has 1 aromatic carbocycles. The third kappa shape index (κ3) is 3.44. The van der Waals surface area contributed by atoms with Gasteiger partial charge in [-0.1, -0.05) is 17.7 Å². The van der Waals surface area contributed by atoms with Crippen molar-refractivity contribution >= 4 is 27.4 Å². The number of benzene rings is 1. The van der Waals surface area contributed by atoms with Gasteiger partial charge in [0.2, 0.25) is 0 Å². The van der Waals surface area contributed by atoms with Crippen molar-refractivity contribution in [3.63, 3.8) is 0 Å². The van der Waals surface area contributed by atoms with Crippen LogP contribution in [-0.4, -0.2) is 24.7 Å². The van der Waals surface area contributed by atoms with Gasteiger partial charge in [0.25, 0.3) is 0 Å². The molecule has 0 aromatic heterocycles. The van der Waals surface area contributed by atoms with E-state index < -0.39 is 21.1 Å². The quantitative estimate of drug-likeness (QED) is 0.916. The van der Waals surface area contributed by atoms with Crippen molar-refractivity contribution in [3.05, 3.63) is 34.3 Å². The Labute approximate surface area is 105 Å². The van der Waals surface area contributed by atoms with Gasteiger partial charge in [0.05, 0.1) is 16.6 Å². The van der Waals surface area contributed by atoms with Crippen LogP contribution in [0.4, 0.5) is 0 Å². The molecule has 0 amide bonds. The fourth-order valence-corrected chi connectivity index (χ4v) is 2.45. The van der Waals surface area contributed by atoms with Crippen molar-refractivity contribution in [3.8, 4) is 0 Å². The van der Waals surface area contributed by atoms with E-state index in [1.807, 2.05) is 0 Å². The number of sulfone groups is 1. The average Bonchev–Trinajstić information content (AvgIpc) is 2.19.